The van der Waals surface area contributed by atoms with Crippen molar-refractivity contribution in [3.63, 3.8) is 0 Å². The maximum atomic E-state index is 13.0. The highest BCUT2D eigenvalue weighted by Gasteiger charge is 2.27. The van der Waals surface area contributed by atoms with E-state index < -0.39 is 5.54 Å². The van der Waals surface area contributed by atoms with Gasteiger partial charge in [0.1, 0.15) is 5.76 Å². The van der Waals surface area contributed by atoms with Gasteiger partial charge in [0.05, 0.1) is 23.1 Å². The first kappa shape index (κ1) is 16.0. The number of carbonyl (C=O) groups excluding carboxylic acids is 1. The zero-order valence-electron chi connectivity index (χ0n) is 14.0. The van der Waals surface area contributed by atoms with E-state index in [1.807, 2.05) is 69.3 Å². The molecule has 4 nitrogen and oxygen atoms in total. The van der Waals surface area contributed by atoms with Crippen LogP contribution in [0.25, 0.3) is 11.3 Å². The summed E-state index contributed by atoms with van der Waals surface area (Å²) in [6.45, 7) is 5.81. The summed E-state index contributed by atoms with van der Waals surface area (Å²) in [6, 6.07) is 15.1. The second-order valence-electron chi connectivity index (χ2n) is 6.27. The topological polar surface area (TPSA) is 55.1 Å². The third-order valence-electron chi connectivity index (χ3n) is 4.02. The van der Waals surface area contributed by atoms with E-state index in [0.717, 1.165) is 16.8 Å². The Morgan fingerprint density at radius 1 is 1.08 bits per heavy atom. The lowest BCUT2D eigenvalue weighted by atomic mass is 9.95. The molecule has 1 amide bonds. The molecular formula is C20H20N2O2. The van der Waals surface area contributed by atoms with Crippen LogP contribution in [0.2, 0.25) is 0 Å². The minimum atomic E-state index is -0.582. The van der Waals surface area contributed by atoms with Crippen molar-refractivity contribution >= 4 is 5.91 Å². The average Bonchev–Trinajstić information content (AvgIpc) is 3.09. The van der Waals surface area contributed by atoms with Crippen molar-refractivity contribution < 1.29 is 9.21 Å². The standard InChI is InChI=1S/C20H20N2O2/c1-14-8-6-9-15(16-10-7-13-24-16)18(14)19(23)22-20(2,3)17-11-4-5-12-21-17/h4-13H,1-3H3,(H,22,23). The van der Waals surface area contributed by atoms with Gasteiger partial charge in [-0.05, 0) is 50.6 Å². The van der Waals surface area contributed by atoms with Crippen molar-refractivity contribution in [2.45, 2.75) is 26.3 Å². The molecular weight excluding hydrogens is 300 g/mol. The van der Waals surface area contributed by atoms with E-state index in [2.05, 4.69) is 10.3 Å². The Morgan fingerprint density at radius 2 is 1.92 bits per heavy atom. The molecule has 0 radical (unpaired) electrons. The average molecular weight is 320 g/mol. The van der Waals surface area contributed by atoms with E-state index in [-0.39, 0.29) is 5.91 Å². The quantitative estimate of drug-likeness (QED) is 0.779. The fraction of sp³-hybridized carbons (Fsp3) is 0.200. The number of hydrogen-bond donors (Lipinski definition) is 1. The molecule has 122 valence electrons. The van der Waals surface area contributed by atoms with E-state index in [1.165, 1.54) is 0 Å². The van der Waals surface area contributed by atoms with Crippen LogP contribution in [-0.2, 0) is 5.54 Å². The number of carbonyl (C=O) groups is 1. The maximum absolute atomic E-state index is 13.0. The molecule has 3 rings (SSSR count). The fourth-order valence-electron chi connectivity index (χ4n) is 2.75. The van der Waals surface area contributed by atoms with Crippen LogP contribution in [0.15, 0.2) is 65.4 Å². The molecule has 2 aromatic heterocycles. The molecule has 0 atom stereocenters. The first-order chi connectivity index (χ1) is 11.5. The molecule has 1 aromatic carbocycles. The van der Waals surface area contributed by atoms with E-state index in [1.54, 1.807) is 12.5 Å². The van der Waals surface area contributed by atoms with Gasteiger partial charge in [-0.2, -0.15) is 0 Å². The summed E-state index contributed by atoms with van der Waals surface area (Å²) < 4.78 is 5.49. The molecule has 0 bridgehead atoms. The van der Waals surface area contributed by atoms with Gasteiger partial charge in [-0.15, -0.1) is 0 Å². The Morgan fingerprint density at radius 3 is 2.58 bits per heavy atom. The van der Waals surface area contributed by atoms with Crippen LogP contribution in [0.3, 0.4) is 0 Å². The Bertz CT molecular complexity index is 837. The Labute approximate surface area is 141 Å². The highest BCUT2D eigenvalue weighted by Crippen LogP contribution is 2.28. The molecule has 3 aromatic rings. The predicted molar refractivity (Wildman–Crippen MR) is 93.6 cm³/mol. The second-order valence-corrected chi connectivity index (χ2v) is 6.27. The van der Waals surface area contributed by atoms with Crippen molar-refractivity contribution in [2.24, 2.45) is 0 Å². The summed E-state index contributed by atoms with van der Waals surface area (Å²) >= 11 is 0. The van der Waals surface area contributed by atoms with Gasteiger partial charge < -0.3 is 9.73 Å². The molecule has 1 N–H and O–H groups in total. The molecule has 0 saturated carbocycles. The first-order valence-corrected chi connectivity index (χ1v) is 7.86. The number of aryl methyl sites for hydroxylation is 1. The zero-order valence-corrected chi connectivity index (χ0v) is 14.0. The number of nitrogens with one attached hydrogen (secondary N) is 1. The zero-order chi connectivity index (χ0) is 17.2. The Balaban J connectivity index is 1.97. The number of rotatable bonds is 4. The summed E-state index contributed by atoms with van der Waals surface area (Å²) in [5, 5.41) is 3.09. The van der Waals surface area contributed by atoms with Gasteiger partial charge in [-0.25, -0.2) is 0 Å². The maximum Gasteiger partial charge on any atom is 0.253 e. The molecule has 0 unspecified atom stereocenters. The summed E-state index contributed by atoms with van der Waals surface area (Å²) in [6.07, 6.45) is 3.34. The molecule has 0 aliphatic heterocycles. The third kappa shape index (κ3) is 3.08. The molecule has 4 heteroatoms. The molecule has 0 saturated heterocycles. The SMILES string of the molecule is Cc1cccc(-c2ccco2)c1C(=O)NC(C)(C)c1ccccn1. The molecule has 0 aliphatic rings. The molecule has 2 heterocycles. The number of amides is 1. The van der Waals surface area contributed by atoms with Crippen LogP contribution >= 0.6 is 0 Å². The van der Waals surface area contributed by atoms with Crippen LogP contribution in [-0.4, -0.2) is 10.9 Å². The van der Waals surface area contributed by atoms with Crippen LogP contribution in [0, 0.1) is 6.92 Å². The third-order valence-corrected chi connectivity index (χ3v) is 4.02. The normalized spacial score (nSPS) is 11.3. The first-order valence-electron chi connectivity index (χ1n) is 7.86. The predicted octanol–water partition coefficient (Wildman–Crippen LogP) is 4.32. The van der Waals surface area contributed by atoms with Crippen LogP contribution in [0.1, 0.15) is 35.5 Å². The fourth-order valence-corrected chi connectivity index (χ4v) is 2.75. The summed E-state index contributed by atoms with van der Waals surface area (Å²) in [4.78, 5) is 17.3. The minimum absolute atomic E-state index is 0.143. The summed E-state index contributed by atoms with van der Waals surface area (Å²) in [5.41, 5.74) is 2.54. The van der Waals surface area contributed by atoms with Crippen molar-refractivity contribution in [3.05, 3.63) is 77.8 Å². The van der Waals surface area contributed by atoms with E-state index >= 15 is 0 Å². The van der Waals surface area contributed by atoms with E-state index in [4.69, 9.17) is 4.42 Å². The van der Waals surface area contributed by atoms with Crippen LogP contribution < -0.4 is 5.32 Å². The Kier molecular flexibility index (Phi) is 4.21. The van der Waals surface area contributed by atoms with E-state index in [0.29, 0.717) is 11.3 Å². The number of nitrogens with zero attached hydrogens (tertiary/aromatic N) is 1. The van der Waals surface area contributed by atoms with Crippen LogP contribution in [0.5, 0.6) is 0 Å². The highest BCUT2D eigenvalue weighted by atomic mass is 16.3. The molecule has 0 fully saturated rings. The van der Waals surface area contributed by atoms with Crippen molar-refractivity contribution in [1.82, 2.24) is 10.3 Å². The van der Waals surface area contributed by atoms with Gasteiger partial charge in [-0.1, -0.05) is 24.3 Å². The summed E-state index contributed by atoms with van der Waals surface area (Å²) in [5.74, 6) is 0.537. The lowest BCUT2D eigenvalue weighted by molar-refractivity contribution is 0.0910. The van der Waals surface area contributed by atoms with Crippen molar-refractivity contribution in [1.29, 1.82) is 0 Å². The van der Waals surface area contributed by atoms with Gasteiger partial charge in [0.2, 0.25) is 0 Å². The second kappa shape index (κ2) is 6.32. The highest BCUT2D eigenvalue weighted by molar-refractivity contribution is 6.02. The molecule has 0 aliphatic carbocycles. The molecule has 24 heavy (non-hydrogen) atoms. The number of aromatic nitrogens is 1. The van der Waals surface area contributed by atoms with Crippen molar-refractivity contribution in [2.75, 3.05) is 0 Å². The van der Waals surface area contributed by atoms with Crippen molar-refractivity contribution in [3.8, 4) is 11.3 Å². The van der Waals surface area contributed by atoms with Gasteiger partial charge in [0, 0.05) is 11.8 Å². The van der Waals surface area contributed by atoms with Gasteiger partial charge in [-0.3, -0.25) is 9.78 Å². The number of benzene rings is 1. The van der Waals surface area contributed by atoms with Gasteiger partial charge >= 0.3 is 0 Å². The minimum Gasteiger partial charge on any atom is -0.464 e. The Hall–Kier alpha value is -2.88. The van der Waals surface area contributed by atoms with Gasteiger partial charge in [0.15, 0.2) is 0 Å². The number of hydrogen-bond acceptors (Lipinski definition) is 3. The van der Waals surface area contributed by atoms with E-state index in [9.17, 15) is 4.79 Å². The smallest absolute Gasteiger partial charge is 0.253 e. The number of furan rings is 1. The summed E-state index contributed by atoms with van der Waals surface area (Å²) in [7, 11) is 0. The monoisotopic (exact) mass is 320 g/mol. The van der Waals surface area contributed by atoms with Crippen LogP contribution in [0.4, 0.5) is 0 Å². The number of pyridine rings is 1. The lowest BCUT2D eigenvalue weighted by Crippen LogP contribution is -2.42. The van der Waals surface area contributed by atoms with Gasteiger partial charge in [0.25, 0.3) is 5.91 Å². The largest absolute Gasteiger partial charge is 0.464 e. The molecule has 0 spiro atoms. The lowest BCUT2D eigenvalue weighted by Gasteiger charge is -2.26.